The predicted octanol–water partition coefficient (Wildman–Crippen LogP) is 3.01. The van der Waals surface area contributed by atoms with Crippen LogP contribution < -0.4 is 0 Å². The zero-order chi connectivity index (χ0) is 11.6. The van der Waals surface area contributed by atoms with Crippen molar-refractivity contribution in [1.29, 1.82) is 0 Å². The van der Waals surface area contributed by atoms with E-state index in [2.05, 4.69) is 16.5 Å². The molecular weight excluding hydrogens is 220 g/mol. The number of hydrogen-bond acceptors (Lipinski definition) is 2. The van der Waals surface area contributed by atoms with Gasteiger partial charge in [0.15, 0.2) is 4.77 Å². The molecule has 4 heteroatoms. The number of nitrogens with one attached hydrogen (secondary N) is 1. The highest BCUT2D eigenvalue weighted by molar-refractivity contribution is 7.71. The molecule has 1 fully saturated rings. The molecule has 90 valence electrons. The van der Waals surface area contributed by atoms with Crippen molar-refractivity contribution >= 4 is 12.2 Å². The Hall–Kier alpha value is -0.610. The fraction of sp³-hybridized carbons (Fsp3) is 0.750. The second-order valence-electron chi connectivity index (χ2n) is 5.20. The molecule has 1 aromatic rings. The van der Waals surface area contributed by atoms with Crippen molar-refractivity contribution in [3.05, 3.63) is 16.7 Å². The number of aliphatic hydroxyl groups is 1. The van der Waals surface area contributed by atoms with Crippen LogP contribution in [0.4, 0.5) is 0 Å². The van der Waals surface area contributed by atoms with Crippen LogP contribution >= 0.6 is 12.2 Å². The Bertz CT molecular complexity index is 401. The molecule has 0 bridgehead atoms. The van der Waals surface area contributed by atoms with Gasteiger partial charge in [0.05, 0.1) is 12.3 Å². The summed E-state index contributed by atoms with van der Waals surface area (Å²) in [6, 6.07) is 0. The summed E-state index contributed by atoms with van der Waals surface area (Å²) in [5, 5.41) is 9.26. The third-order valence-electron chi connectivity index (χ3n) is 3.72. The molecule has 1 aliphatic carbocycles. The zero-order valence-electron chi connectivity index (χ0n) is 9.83. The molecule has 0 aliphatic heterocycles. The molecule has 1 saturated carbocycles. The highest BCUT2D eigenvalue weighted by atomic mass is 32.1. The zero-order valence-corrected chi connectivity index (χ0v) is 10.6. The predicted molar refractivity (Wildman–Crippen MR) is 66.7 cm³/mol. The van der Waals surface area contributed by atoms with Crippen LogP contribution in [0.15, 0.2) is 6.20 Å². The van der Waals surface area contributed by atoms with Crippen LogP contribution in [-0.4, -0.2) is 14.7 Å². The first-order valence-corrected chi connectivity index (χ1v) is 6.43. The van der Waals surface area contributed by atoms with Gasteiger partial charge >= 0.3 is 0 Å². The van der Waals surface area contributed by atoms with E-state index in [0.29, 0.717) is 5.41 Å². The van der Waals surface area contributed by atoms with Crippen LogP contribution in [0.5, 0.6) is 0 Å². The van der Waals surface area contributed by atoms with E-state index in [-0.39, 0.29) is 6.61 Å². The van der Waals surface area contributed by atoms with Crippen LogP contribution in [0.2, 0.25) is 0 Å². The monoisotopic (exact) mass is 240 g/mol. The topological polar surface area (TPSA) is 41.0 Å². The number of H-pyrrole nitrogens is 1. The normalized spacial score (nSPS) is 19.9. The molecule has 1 aromatic heterocycles. The largest absolute Gasteiger partial charge is 0.390 e. The Morgan fingerprint density at radius 2 is 2.12 bits per heavy atom. The van der Waals surface area contributed by atoms with Gasteiger partial charge in [-0.1, -0.05) is 26.2 Å². The minimum absolute atomic E-state index is 0.0587. The minimum atomic E-state index is 0.0587. The molecule has 1 heterocycles. The number of nitrogens with zero attached hydrogens (tertiary/aromatic N) is 1. The number of hydrogen-bond donors (Lipinski definition) is 2. The molecule has 0 atom stereocenters. The summed E-state index contributed by atoms with van der Waals surface area (Å²) in [6.45, 7) is 3.33. The van der Waals surface area contributed by atoms with E-state index in [1.165, 1.54) is 32.1 Å². The minimum Gasteiger partial charge on any atom is -0.390 e. The van der Waals surface area contributed by atoms with E-state index in [1.54, 1.807) is 0 Å². The van der Waals surface area contributed by atoms with Crippen LogP contribution in [0.1, 0.15) is 44.7 Å². The van der Waals surface area contributed by atoms with Crippen LogP contribution in [0, 0.1) is 10.2 Å². The average Bonchev–Trinajstić information content (AvgIpc) is 2.61. The van der Waals surface area contributed by atoms with Crippen molar-refractivity contribution in [2.24, 2.45) is 5.41 Å². The highest BCUT2D eigenvalue weighted by Crippen LogP contribution is 2.37. The average molecular weight is 240 g/mol. The van der Waals surface area contributed by atoms with Gasteiger partial charge in [-0.15, -0.1) is 0 Å². The van der Waals surface area contributed by atoms with Gasteiger partial charge in [0.2, 0.25) is 0 Å². The third-order valence-corrected chi connectivity index (χ3v) is 4.05. The summed E-state index contributed by atoms with van der Waals surface area (Å²) >= 11 is 5.25. The highest BCUT2D eigenvalue weighted by Gasteiger charge is 2.27. The molecule has 0 spiro atoms. The van der Waals surface area contributed by atoms with Crippen molar-refractivity contribution in [2.75, 3.05) is 0 Å². The molecule has 1 aliphatic rings. The Balaban J connectivity index is 2.18. The van der Waals surface area contributed by atoms with Crippen molar-refractivity contribution in [2.45, 2.75) is 52.2 Å². The van der Waals surface area contributed by atoms with E-state index in [1.807, 2.05) is 6.20 Å². The van der Waals surface area contributed by atoms with E-state index in [0.717, 1.165) is 17.0 Å². The van der Waals surface area contributed by atoms with Crippen molar-refractivity contribution in [3.63, 3.8) is 0 Å². The molecular formula is C12H20N2OS. The van der Waals surface area contributed by atoms with E-state index >= 15 is 0 Å². The number of aromatic nitrogens is 2. The number of imidazole rings is 1. The van der Waals surface area contributed by atoms with E-state index in [9.17, 15) is 5.11 Å². The Kier molecular flexibility index (Phi) is 3.50. The van der Waals surface area contributed by atoms with Gasteiger partial charge < -0.3 is 14.7 Å². The van der Waals surface area contributed by atoms with E-state index < -0.39 is 0 Å². The van der Waals surface area contributed by atoms with Gasteiger partial charge in [0, 0.05) is 12.7 Å². The number of rotatable bonds is 3. The molecule has 0 amide bonds. The first kappa shape index (κ1) is 11.9. The first-order valence-electron chi connectivity index (χ1n) is 6.03. The van der Waals surface area contributed by atoms with Crippen LogP contribution in [0.25, 0.3) is 0 Å². The lowest BCUT2D eigenvalue weighted by Gasteiger charge is -2.34. The van der Waals surface area contributed by atoms with Gasteiger partial charge in [-0.05, 0) is 30.5 Å². The molecule has 0 radical (unpaired) electrons. The maximum Gasteiger partial charge on any atom is 0.177 e. The molecule has 0 aromatic carbocycles. The van der Waals surface area contributed by atoms with Crippen LogP contribution in [-0.2, 0) is 13.2 Å². The second kappa shape index (κ2) is 4.72. The van der Waals surface area contributed by atoms with Gasteiger partial charge in [-0.2, -0.15) is 0 Å². The van der Waals surface area contributed by atoms with Crippen molar-refractivity contribution < 1.29 is 5.11 Å². The standard InChI is InChI=1S/C12H20N2OS/c1-12(5-3-2-4-6-12)9-14-10(8-15)7-13-11(14)16/h7,15H,2-6,8-9H2,1H3,(H,13,16). The Labute approximate surface area is 102 Å². The van der Waals surface area contributed by atoms with Gasteiger partial charge in [-0.25, -0.2) is 0 Å². The Morgan fingerprint density at radius 3 is 2.75 bits per heavy atom. The first-order chi connectivity index (χ1) is 7.64. The fourth-order valence-corrected chi connectivity index (χ4v) is 2.92. The summed E-state index contributed by atoms with van der Waals surface area (Å²) in [7, 11) is 0. The lowest BCUT2D eigenvalue weighted by atomic mass is 9.75. The van der Waals surface area contributed by atoms with Gasteiger partial charge in [0.25, 0.3) is 0 Å². The third kappa shape index (κ3) is 2.38. The van der Waals surface area contributed by atoms with Gasteiger partial charge in [-0.3, -0.25) is 0 Å². The molecule has 3 nitrogen and oxygen atoms in total. The molecule has 2 N–H and O–H groups in total. The molecule has 0 saturated heterocycles. The quantitative estimate of drug-likeness (QED) is 0.797. The maximum absolute atomic E-state index is 9.26. The lowest BCUT2D eigenvalue weighted by molar-refractivity contribution is 0.175. The van der Waals surface area contributed by atoms with Crippen LogP contribution in [0.3, 0.4) is 0 Å². The fourth-order valence-electron chi connectivity index (χ4n) is 2.68. The second-order valence-corrected chi connectivity index (χ2v) is 5.59. The number of aromatic amines is 1. The van der Waals surface area contributed by atoms with Crippen molar-refractivity contribution in [3.8, 4) is 0 Å². The van der Waals surface area contributed by atoms with E-state index in [4.69, 9.17) is 12.2 Å². The smallest absolute Gasteiger partial charge is 0.177 e. The summed E-state index contributed by atoms with van der Waals surface area (Å²) in [4.78, 5) is 3.01. The molecule has 2 rings (SSSR count). The summed E-state index contributed by atoms with van der Waals surface area (Å²) < 4.78 is 2.79. The van der Waals surface area contributed by atoms with Gasteiger partial charge in [0.1, 0.15) is 0 Å². The maximum atomic E-state index is 9.26. The summed E-state index contributed by atoms with van der Waals surface area (Å²) in [5.74, 6) is 0. The summed E-state index contributed by atoms with van der Waals surface area (Å²) in [6.07, 6.45) is 8.36. The number of aliphatic hydroxyl groups excluding tert-OH is 1. The summed E-state index contributed by atoms with van der Waals surface area (Å²) in [5.41, 5.74) is 1.25. The van der Waals surface area contributed by atoms with Crippen molar-refractivity contribution in [1.82, 2.24) is 9.55 Å². The SMILES string of the molecule is CC1(Cn2c(CO)c[nH]c2=S)CCCCC1. The molecule has 16 heavy (non-hydrogen) atoms. The Morgan fingerprint density at radius 1 is 1.44 bits per heavy atom. The lowest BCUT2D eigenvalue weighted by Crippen LogP contribution is -2.27. The molecule has 0 unspecified atom stereocenters.